The molecule has 0 atom stereocenters. The van der Waals surface area contributed by atoms with Crippen LogP contribution in [0.3, 0.4) is 0 Å². The Bertz CT molecular complexity index is 2290. The molecule has 7 aromatic carbocycles. The molecule has 0 unspecified atom stereocenters. The van der Waals surface area contributed by atoms with Crippen LogP contribution in [0.2, 0.25) is 0 Å². The van der Waals surface area contributed by atoms with Crippen molar-refractivity contribution < 1.29 is 0 Å². The standard InChI is InChI=1S/C44H31N/c1-4-14-33(15-5-1)44(34-16-6-2-7-17-34)40-22-12-10-20-36(40)37-26-24-32(30-41(37)44)28-31-25-27-43-39(29-31)38-21-11-13-23-42(38)45(43)35-18-8-3-9-19-35/h1-27,29-30H,28H2. The third kappa shape index (κ3) is 3.87. The maximum atomic E-state index is 2.48. The van der Waals surface area contributed by atoms with Crippen molar-refractivity contribution >= 4 is 21.8 Å². The minimum absolute atomic E-state index is 0.377. The van der Waals surface area contributed by atoms with Crippen LogP contribution in [0.4, 0.5) is 0 Å². The number of fused-ring (bicyclic) bond motifs is 6. The topological polar surface area (TPSA) is 4.93 Å². The summed E-state index contributed by atoms with van der Waals surface area (Å²) in [4.78, 5) is 0. The van der Waals surface area contributed by atoms with E-state index in [9.17, 15) is 0 Å². The average molecular weight is 574 g/mol. The number of rotatable bonds is 5. The van der Waals surface area contributed by atoms with Gasteiger partial charge in [-0.15, -0.1) is 0 Å². The Morgan fingerprint density at radius 2 is 0.956 bits per heavy atom. The Morgan fingerprint density at radius 1 is 0.400 bits per heavy atom. The number of aromatic nitrogens is 1. The lowest BCUT2D eigenvalue weighted by Crippen LogP contribution is -2.28. The lowest BCUT2D eigenvalue weighted by molar-refractivity contribution is 0.767. The first-order valence-corrected chi connectivity index (χ1v) is 15.7. The van der Waals surface area contributed by atoms with Crippen LogP contribution in [0.1, 0.15) is 33.4 Å². The molecule has 0 spiro atoms. The Balaban J connectivity index is 1.21. The molecule has 0 saturated heterocycles. The van der Waals surface area contributed by atoms with E-state index in [1.54, 1.807) is 0 Å². The summed E-state index contributed by atoms with van der Waals surface area (Å²) >= 11 is 0. The predicted molar refractivity (Wildman–Crippen MR) is 187 cm³/mol. The third-order valence-corrected chi connectivity index (χ3v) is 9.68. The molecular weight excluding hydrogens is 542 g/mol. The van der Waals surface area contributed by atoms with E-state index in [0.717, 1.165) is 6.42 Å². The fraction of sp³-hybridized carbons (Fsp3) is 0.0455. The van der Waals surface area contributed by atoms with E-state index in [1.165, 1.54) is 72.0 Å². The van der Waals surface area contributed by atoms with Gasteiger partial charge in [0.15, 0.2) is 0 Å². The van der Waals surface area contributed by atoms with Crippen LogP contribution in [0, 0.1) is 0 Å². The zero-order valence-electron chi connectivity index (χ0n) is 24.9. The van der Waals surface area contributed by atoms with Gasteiger partial charge in [0, 0.05) is 16.5 Å². The first-order valence-electron chi connectivity index (χ1n) is 15.7. The second-order valence-electron chi connectivity index (χ2n) is 12.1. The SMILES string of the molecule is c1ccc(-n2c3ccccc3c3cc(Cc4ccc5c(c4)C(c4ccccc4)(c4ccccc4)c4ccccc4-5)ccc32)cc1. The molecule has 8 aromatic rings. The van der Waals surface area contributed by atoms with E-state index in [0.29, 0.717) is 0 Å². The number of benzene rings is 7. The van der Waals surface area contributed by atoms with Gasteiger partial charge in [-0.1, -0.05) is 146 Å². The molecule has 0 fully saturated rings. The van der Waals surface area contributed by atoms with Crippen LogP contribution in [0.15, 0.2) is 176 Å². The smallest absolute Gasteiger partial charge is 0.0713 e. The monoisotopic (exact) mass is 573 g/mol. The van der Waals surface area contributed by atoms with Gasteiger partial charge < -0.3 is 4.57 Å². The highest BCUT2D eigenvalue weighted by atomic mass is 15.0. The fourth-order valence-corrected chi connectivity index (χ4v) is 7.82. The van der Waals surface area contributed by atoms with E-state index in [1.807, 2.05) is 0 Å². The van der Waals surface area contributed by atoms with E-state index < -0.39 is 0 Å². The molecule has 0 radical (unpaired) electrons. The summed E-state index contributed by atoms with van der Waals surface area (Å²) in [6.07, 6.45) is 0.865. The lowest BCUT2D eigenvalue weighted by Gasteiger charge is -2.34. The third-order valence-electron chi connectivity index (χ3n) is 9.68. The van der Waals surface area contributed by atoms with Gasteiger partial charge in [-0.25, -0.2) is 0 Å². The van der Waals surface area contributed by atoms with Crippen LogP contribution in [-0.4, -0.2) is 4.57 Å². The van der Waals surface area contributed by atoms with Crippen molar-refractivity contribution in [1.29, 1.82) is 0 Å². The van der Waals surface area contributed by atoms with Gasteiger partial charge in [-0.2, -0.15) is 0 Å². The Morgan fingerprint density at radius 3 is 1.71 bits per heavy atom. The first-order chi connectivity index (χ1) is 22.3. The summed E-state index contributed by atoms with van der Waals surface area (Å²) in [6.45, 7) is 0. The van der Waals surface area contributed by atoms with Crippen molar-refractivity contribution in [3.8, 4) is 16.8 Å². The Labute approximate surface area is 263 Å². The molecule has 1 aliphatic rings. The van der Waals surface area contributed by atoms with Crippen molar-refractivity contribution in [2.45, 2.75) is 11.8 Å². The molecule has 1 heteroatoms. The summed E-state index contributed by atoms with van der Waals surface area (Å²) in [6, 6.07) is 64.7. The van der Waals surface area contributed by atoms with Crippen molar-refractivity contribution in [2.75, 3.05) is 0 Å². The fourth-order valence-electron chi connectivity index (χ4n) is 7.82. The van der Waals surface area contributed by atoms with E-state index in [2.05, 4.69) is 180 Å². The molecule has 0 aliphatic heterocycles. The highest BCUT2D eigenvalue weighted by molar-refractivity contribution is 6.09. The van der Waals surface area contributed by atoms with Crippen molar-refractivity contribution in [1.82, 2.24) is 4.57 Å². The van der Waals surface area contributed by atoms with Gasteiger partial charge in [0.25, 0.3) is 0 Å². The van der Waals surface area contributed by atoms with Gasteiger partial charge in [-0.05, 0) is 81.3 Å². The van der Waals surface area contributed by atoms with Crippen LogP contribution >= 0.6 is 0 Å². The Hall–Kier alpha value is -5.66. The minimum atomic E-state index is -0.377. The van der Waals surface area contributed by atoms with E-state index in [-0.39, 0.29) is 5.41 Å². The number of para-hydroxylation sites is 2. The molecule has 1 aromatic heterocycles. The molecule has 45 heavy (non-hydrogen) atoms. The highest BCUT2D eigenvalue weighted by Gasteiger charge is 2.45. The quantitative estimate of drug-likeness (QED) is 0.193. The molecule has 212 valence electrons. The average Bonchev–Trinajstić information content (AvgIpc) is 3.60. The largest absolute Gasteiger partial charge is 0.309 e. The van der Waals surface area contributed by atoms with Crippen molar-refractivity contribution in [3.63, 3.8) is 0 Å². The second-order valence-corrected chi connectivity index (χ2v) is 12.1. The molecule has 0 bridgehead atoms. The molecule has 9 rings (SSSR count). The van der Waals surface area contributed by atoms with Gasteiger partial charge in [-0.3, -0.25) is 0 Å². The molecule has 0 saturated carbocycles. The van der Waals surface area contributed by atoms with Crippen LogP contribution in [0.25, 0.3) is 38.6 Å². The van der Waals surface area contributed by atoms with Crippen molar-refractivity contribution in [2.24, 2.45) is 0 Å². The lowest BCUT2D eigenvalue weighted by atomic mass is 9.67. The summed E-state index contributed by atoms with van der Waals surface area (Å²) < 4.78 is 2.38. The summed E-state index contributed by atoms with van der Waals surface area (Å²) in [5.41, 5.74) is 13.9. The normalized spacial score (nSPS) is 13.2. The van der Waals surface area contributed by atoms with Crippen LogP contribution in [0.5, 0.6) is 0 Å². The first kappa shape index (κ1) is 25.8. The number of hydrogen-bond donors (Lipinski definition) is 0. The van der Waals surface area contributed by atoms with Gasteiger partial charge in [0.1, 0.15) is 0 Å². The molecular formula is C44H31N. The minimum Gasteiger partial charge on any atom is -0.309 e. The molecule has 1 aliphatic carbocycles. The highest BCUT2D eigenvalue weighted by Crippen LogP contribution is 2.56. The van der Waals surface area contributed by atoms with Crippen LogP contribution < -0.4 is 0 Å². The zero-order valence-corrected chi connectivity index (χ0v) is 24.9. The molecule has 1 heterocycles. The molecule has 0 amide bonds. The van der Waals surface area contributed by atoms with Gasteiger partial charge in [0.2, 0.25) is 0 Å². The summed E-state index contributed by atoms with van der Waals surface area (Å²) in [5, 5.41) is 2.58. The van der Waals surface area contributed by atoms with Crippen LogP contribution in [-0.2, 0) is 11.8 Å². The second kappa shape index (κ2) is 10.2. The van der Waals surface area contributed by atoms with Gasteiger partial charge in [0.05, 0.1) is 16.4 Å². The zero-order chi connectivity index (χ0) is 29.8. The number of nitrogens with zero attached hydrogens (tertiary/aromatic N) is 1. The predicted octanol–water partition coefficient (Wildman–Crippen LogP) is 10.7. The summed E-state index contributed by atoms with van der Waals surface area (Å²) in [5.74, 6) is 0. The van der Waals surface area contributed by atoms with E-state index >= 15 is 0 Å². The van der Waals surface area contributed by atoms with E-state index in [4.69, 9.17) is 0 Å². The Kier molecular flexibility index (Phi) is 5.86. The maximum absolute atomic E-state index is 2.48. The van der Waals surface area contributed by atoms with Crippen molar-refractivity contribution in [3.05, 3.63) is 209 Å². The number of hydrogen-bond acceptors (Lipinski definition) is 0. The molecule has 0 N–H and O–H groups in total. The summed E-state index contributed by atoms with van der Waals surface area (Å²) in [7, 11) is 0. The maximum Gasteiger partial charge on any atom is 0.0713 e. The van der Waals surface area contributed by atoms with Gasteiger partial charge >= 0.3 is 0 Å². The molecule has 1 nitrogen and oxygen atoms in total.